The van der Waals surface area contributed by atoms with Gasteiger partial charge in [0.1, 0.15) is 5.75 Å². The second-order valence-electron chi connectivity index (χ2n) is 6.35. The van der Waals surface area contributed by atoms with Crippen LogP contribution >= 0.6 is 15.9 Å². The molecule has 2 aromatic carbocycles. The molecule has 0 bridgehead atoms. The fraction of sp³-hybridized carbons (Fsp3) is 0.350. The highest BCUT2D eigenvalue weighted by molar-refractivity contribution is 9.10. The third-order valence-electron chi connectivity index (χ3n) is 4.47. The molecule has 0 spiro atoms. The number of nitrogens with one attached hydrogen (secondary N) is 1. The van der Waals surface area contributed by atoms with Crippen molar-refractivity contribution in [1.29, 1.82) is 0 Å². The van der Waals surface area contributed by atoms with Crippen molar-refractivity contribution in [1.82, 2.24) is 5.32 Å². The molecule has 132 valence electrons. The molecule has 1 aliphatic rings. The Balaban J connectivity index is 1.76. The van der Waals surface area contributed by atoms with Crippen molar-refractivity contribution < 1.29 is 14.6 Å². The predicted molar refractivity (Wildman–Crippen MR) is 100 cm³/mol. The Morgan fingerprint density at radius 3 is 2.36 bits per heavy atom. The average molecular weight is 404 g/mol. The molecule has 2 N–H and O–H groups in total. The van der Waals surface area contributed by atoms with Gasteiger partial charge < -0.3 is 15.2 Å². The number of carbonyl (C=O) groups excluding carboxylic acids is 1. The van der Waals surface area contributed by atoms with Crippen LogP contribution in [0.4, 0.5) is 0 Å². The predicted octanol–water partition coefficient (Wildman–Crippen LogP) is 3.99. The molecule has 0 aliphatic heterocycles. The van der Waals surface area contributed by atoms with Crippen molar-refractivity contribution >= 4 is 21.8 Å². The van der Waals surface area contributed by atoms with Crippen molar-refractivity contribution in [3.05, 3.63) is 64.6 Å². The van der Waals surface area contributed by atoms with E-state index in [4.69, 9.17) is 4.74 Å². The van der Waals surface area contributed by atoms with Crippen LogP contribution in [0, 0.1) is 0 Å². The van der Waals surface area contributed by atoms with Gasteiger partial charge in [-0.3, -0.25) is 4.79 Å². The van der Waals surface area contributed by atoms with Gasteiger partial charge in [-0.25, -0.2) is 0 Å². The quantitative estimate of drug-likeness (QED) is 0.793. The molecule has 25 heavy (non-hydrogen) atoms. The van der Waals surface area contributed by atoms with Crippen LogP contribution < -0.4 is 10.1 Å². The molecule has 1 aliphatic carbocycles. The van der Waals surface area contributed by atoms with Gasteiger partial charge >= 0.3 is 0 Å². The number of hydrogen-bond acceptors (Lipinski definition) is 3. The highest BCUT2D eigenvalue weighted by Gasteiger charge is 2.27. The number of hydrogen-bond donors (Lipinski definition) is 2. The van der Waals surface area contributed by atoms with E-state index in [1.165, 1.54) is 0 Å². The highest BCUT2D eigenvalue weighted by atomic mass is 79.9. The van der Waals surface area contributed by atoms with Crippen LogP contribution in [0.3, 0.4) is 0 Å². The van der Waals surface area contributed by atoms with Crippen molar-refractivity contribution in [2.45, 2.75) is 43.9 Å². The number of aliphatic hydroxyl groups is 1. The minimum Gasteiger partial charge on any atom is -0.475 e. The molecule has 1 fully saturated rings. The SMILES string of the molecule is O=C(NC1CCC(O)CC1)C(Oc1ccccc1Br)c1ccccc1. The maximum absolute atomic E-state index is 12.9. The molecule has 4 nitrogen and oxygen atoms in total. The molecule has 5 heteroatoms. The Hall–Kier alpha value is -1.85. The summed E-state index contributed by atoms with van der Waals surface area (Å²) in [7, 11) is 0. The normalized spacial score (nSPS) is 21.4. The molecule has 1 atom stereocenters. The van der Waals surface area contributed by atoms with Crippen molar-refractivity contribution in [3.63, 3.8) is 0 Å². The van der Waals surface area contributed by atoms with Crippen molar-refractivity contribution in [2.24, 2.45) is 0 Å². The summed E-state index contributed by atoms with van der Waals surface area (Å²) in [6.07, 6.45) is 2.09. The van der Waals surface area contributed by atoms with Crippen LogP contribution in [0.15, 0.2) is 59.1 Å². The van der Waals surface area contributed by atoms with Gasteiger partial charge in [0, 0.05) is 11.6 Å². The number of benzene rings is 2. The molecule has 1 saturated carbocycles. The third-order valence-corrected chi connectivity index (χ3v) is 5.12. The topological polar surface area (TPSA) is 58.6 Å². The minimum absolute atomic E-state index is 0.0879. The smallest absolute Gasteiger partial charge is 0.266 e. The molecule has 0 saturated heterocycles. The lowest BCUT2D eigenvalue weighted by Crippen LogP contribution is -2.42. The van der Waals surface area contributed by atoms with Gasteiger partial charge in [0.2, 0.25) is 6.10 Å². The molecule has 1 unspecified atom stereocenters. The zero-order valence-electron chi connectivity index (χ0n) is 13.9. The van der Waals surface area contributed by atoms with Gasteiger partial charge in [0.25, 0.3) is 5.91 Å². The van der Waals surface area contributed by atoms with Gasteiger partial charge in [-0.2, -0.15) is 0 Å². The van der Waals surface area contributed by atoms with E-state index in [2.05, 4.69) is 21.2 Å². The van der Waals surface area contributed by atoms with E-state index in [9.17, 15) is 9.90 Å². The fourth-order valence-corrected chi connectivity index (χ4v) is 3.44. The summed E-state index contributed by atoms with van der Waals surface area (Å²) in [4.78, 5) is 12.9. The van der Waals surface area contributed by atoms with Gasteiger partial charge in [-0.05, 0) is 53.7 Å². The first-order chi connectivity index (χ1) is 12.1. The molecular weight excluding hydrogens is 382 g/mol. The first kappa shape index (κ1) is 18.0. The Morgan fingerprint density at radius 2 is 1.68 bits per heavy atom. The van der Waals surface area contributed by atoms with Crippen molar-refractivity contribution in [3.8, 4) is 5.75 Å². The molecular formula is C20H22BrNO3. The fourth-order valence-electron chi connectivity index (χ4n) is 3.07. The summed E-state index contributed by atoms with van der Waals surface area (Å²) in [5, 5.41) is 12.7. The van der Waals surface area contributed by atoms with E-state index < -0.39 is 6.10 Å². The number of amides is 1. The monoisotopic (exact) mass is 403 g/mol. The van der Waals surface area contributed by atoms with E-state index in [1.54, 1.807) is 0 Å². The molecule has 2 aromatic rings. The van der Waals surface area contributed by atoms with Crippen LogP contribution in [-0.4, -0.2) is 23.2 Å². The van der Waals surface area contributed by atoms with Gasteiger partial charge in [0.15, 0.2) is 0 Å². The number of ether oxygens (including phenoxy) is 1. The van der Waals surface area contributed by atoms with Crippen LogP contribution in [0.1, 0.15) is 37.4 Å². The second-order valence-corrected chi connectivity index (χ2v) is 7.21. The molecule has 0 aromatic heterocycles. The summed E-state index contributed by atoms with van der Waals surface area (Å²) in [5.74, 6) is 0.480. The number of halogens is 1. The van der Waals surface area contributed by atoms with Gasteiger partial charge in [0.05, 0.1) is 10.6 Å². The van der Waals surface area contributed by atoms with E-state index >= 15 is 0 Å². The largest absolute Gasteiger partial charge is 0.475 e. The first-order valence-electron chi connectivity index (χ1n) is 8.58. The molecule has 3 rings (SSSR count). The van der Waals surface area contributed by atoms with E-state index in [1.807, 2.05) is 54.6 Å². The molecule has 0 heterocycles. The summed E-state index contributed by atoms with van der Waals surface area (Å²) >= 11 is 3.47. The summed E-state index contributed by atoms with van der Waals surface area (Å²) in [6, 6.07) is 17.1. The van der Waals surface area contributed by atoms with Crippen LogP contribution in [-0.2, 0) is 4.79 Å². The van der Waals surface area contributed by atoms with E-state index in [0.29, 0.717) is 5.75 Å². The zero-order valence-corrected chi connectivity index (χ0v) is 15.5. The molecule has 0 radical (unpaired) electrons. The van der Waals surface area contributed by atoms with Gasteiger partial charge in [-0.1, -0.05) is 42.5 Å². The van der Waals surface area contributed by atoms with Crippen molar-refractivity contribution in [2.75, 3.05) is 0 Å². The van der Waals surface area contributed by atoms with Crippen LogP contribution in [0.5, 0.6) is 5.75 Å². The lowest BCUT2D eigenvalue weighted by Gasteiger charge is -2.28. The first-order valence-corrected chi connectivity index (χ1v) is 9.37. The lowest BCUT2D eigenvalue weighted by atomic mass is 9.93. The number of rotatable bonds is 5. The summed E-state index contributed by atoms with van der Waals surface area (Å²) < 4.78 is 6.86. The van der Waals surface area contributed by atoms with E-state index in [0.717, 1.165) is 35.7 Å². The minimum atomic E-state index is -0.716. The summed E-state index contributed by atoms with van der Waals surface area (Å²) in [6.45, 7) is 0. The Kier molecular flexibility index (Phi) is 6.10. The maximum atomic E-state index is 12.9. The standard InChI is InChI=1S/C20H22BrNO3/c21-17-8-4-5-9-18(17)25-19(14-6-2-1-3-7-14)20(24)22-15-10-12-16(23)13-11-15/h1-9,15-16,19,23H,10-13H2,(H,22,24). The maximum Gasteiger partial charge on any atom is 0.266 e. The van der Waals surface area contributed by atoms with E-state index in [-0.39, 0.29) is 18.1 Å². The molecule has 1 amide bonds. The lowest BCUT2D eigenvalue weighted by molar-refractivity contribution is -0.129. The third kappa shape index (κ3) is 4.83. The van der Waals surface area contributed by atoms with Gasteiger partial charge in [-0.15, -0.1) is 0 Å². The Morgan fingerprint density at radius 1 is 1.04 bits per heavy atom. The second kappa shape index (κ2) is 8.50. The summed E-state index contributed by atoms with van der Waals surface area (Å²) in [5.41, 5.74) is 0.812. The number of para-hydroxylation sites is 1. The number of aliphatic hydroxyl groups excluding tert-OH is 1. The highest BCUT2D eigenvalue weighted by Crippen LogP contribution is 2.30. The number of carbonyl (C=O) groups is 1. The van der Waals surface area contributed by atoms with Crippen LogP contribution in [0.25, 0.3) is 0 Å². The average Bonchev–Trinajstić information content (AvgIpc) is 2.63. The Bertz CT molecular complexity index is 699. The zero-order chi connectivity index (χ0) is 17.6. The Labute approximate surface area is 156 Å². The van der Waals surface area contributed by atoms with Crippen LogP contribution in [0.2, 0.25) is 0 Å².